The van der Waals surface area contributed by atoms with Crippen LogP contribution < -0.4 is 0 Å². The Bertz CT molecular complexity index is 147. The molecule has 0 amide bonds. The normalized spacial score (nSPS) is 9.30. The Morgan fingerprint density at radius 3 is 1.90 bits per heavy atom. The van der Waals surface area contributed by atoms with Crippen molar-refractivity contribution in [3.63, 3.8) is 0 Å². The molecule has 4 nitrogen and oxygen atoms in total. The van der Waals surface area contributed by atoms with Crippen LogP contribution in [0.2, 0.25) is 0 Å². The molecule has 0 aromatic rings. The van der Waals surface area contributed by atoms with E-state index in [1.807, 2.05) is 0 Å². The van der Waals surface area contributed by atoms with Gasteiger partial charge in [-0.25, -0.2) is 0 Å². The molecular weight excluding hydrogens is 136 g/mol. The Morgan fingerprint density at radius 2 is 1.80 bits per heavy atom. The molecule has 0 aliphatic heterocycles. The fourth-order valence-electron chi connectivity index (χ4n) is 0.474. The molecule has 2 N–H and O–H groups in total. The molecular formula is C6H8O4. The minimum atomic E-state index is -1.35. The molecule has 0 unspecified atom stereocenters. The number of hydrogen-bond acceptors (Lipinski definition) is 2. The summed E-state index contributed by atoms with van der Waals surface area (Å²) in [5, 5.41) is 16.5. The summed E-state index contributed by atoms with van der Waals surface area (Å²) in [6.45, 7) is 3.24. The minimum absolute atomic E-state index is 0.0370. The van der Waals surface area contributed by atoms with Crippen molar-refractivity contribution >= 4 is 11.9 Å². The van der Waals surface area contributed by atoms with Crippen LogP contribution in [-0.2, 0) is 9.59 Å². The van der Waals surface area contributed by atoms with Crippen molar-refractivity contribution in [1.82, 2.24) is 0 Å². The maximum atomic E-state index is 10.1. The van der Waals surface area contributed by atoms with E-state index in [2.05, 4.69) is 6.58 Å². The maximum Gasteiger partial charge on any atom is 0.318 e. The zero-order chi connectivity index (χ0) is 8.15. The van der Waals surface area contributed by atoms with Gasteiger partial charge in [0, 0.05) is 0 Å². The second-order valence-corrected chi connectivity index (χ2v) is 1.75. The van der Waals surface area contributed by atoms with Crippen LogP contribution in [0, 0.1) is 5.92 Å². The Balaban J connectivity index is 4.11. The number of carbonyl (C=O) groups is 2. The first-order chi connectivity index (χ1) is 4.59. The van der Waals surface area contributed by atoms with Gasteiger partial charge in [0.05, 0.1) is 0 Å². The van der Waals surface area contributed by atoms with Gasteiger partial charge in [-0.05, 0) is 6.42 Å². The quantitative estimate of drug-likeness (QED) is 0.441. The number of hydrogen-bond donors (Lipinski definition) is 2. The molecule has 0 aliphatic rings. The van der Waals surface area contributed by atoms with Gasteiger partial charge < -0.3 is 10.2 Å². The lowest BCUT2D eigenvalue weighted by Crippen LogP contribution is -2.22. The molecule has 0 rings (SSSR count). The van der Waals surface area contributed by atoms with E-state index in [1.54, 1.807) is 0 Å². The van der Waals surface area contributed by atoms with Crippen molar-refractivity contribution in [2.24, 2.45) is 5.92 Å². The molecule has 0 aromatic carbocycles. The molecule has 0 fully saturated rings. The first-order valence-corrected chi connectivity index (χ1v) is 2.66. The summed E-state index contributed by atoms with van der Waals surface area (Å²) in [5.74, 6) is -4.00. The number of carboxylic acid groups (broad SMARTS) is 2. The third kappa shape index (κ3) is 2.30. The molecule has 56 valence electrons. The van der Waals surface area contributed by atoms with Crippen molar-refractivity contribution in [2.75, 3.05) is 0 Å². The third-order valence-corrected chi connectivity index (χ3v) is 0.999. The average molecular weight is 144 g/mol. The maximum absolute atomic E-state index is 10.1. The molecule has 0 aliphatic carbocycles. The van der Waals surface area contributed by atoms with Crippen LogP contribution in [-0.4, -0.2) is 22.2 Å². The summed E-state index contributed by atoms with van der Waals surface area (Å²) in [6, 6.07) is 0. The molecule has 0 aromatic heterocycles. The van der Waals surface area contributed by atoms with E-state index in [4.69, 9.17) is 10.2 Å². The van der Waals surface area contributed by atoms with E-state index in [-0.39, 0.29) is 6.42 Å². The molecule has 0 saturated heterocycles. The van der Waals surface area contributed by atoms with Gasteiger partial charge in [-0.2, -0.15) is 0 Å². The van der Waals surface area contributed by atoms with E-state index in [0.717, 1.165) is 0 Å². The number of rotatable bonds is 4. The van der Waals surface area contributed by atoms with Crippen LogP contribution in [0.15, 0.2) is 12.7 Å². The van der Waals surface area contributed by atoms with Crippen LogP contribution in [0.3, 0.4) is 0 Å². The van der Waals surface area contributed by atoms with Gasteiger partial charge in [0.2, 0.25) is 0 Å². The van der Waals surface area contributed by atoms with E-state index < -0.39 is 17.9 Å². The zero-order valence-corrected chi connectivity index (χ0v) is 5.28. The lowest BCUT2D eigenvalue weighted by atomic mass is 10.1. The van der Waals surface area contributed by atoms with Gasteiger partial charge >= 0.3 is 11.9 Å². The second-order valence-electron chi connectivity index (χ2n) is 1.75. The molecule has 0 spiro atoms. The predicted molar refractivity (Wildman–Crippen MR) is 33.6 cm³/mol. The number of aliphatic carboxylic acids is 2. The monoisotopic (exact) mass is 144 g/mol. The van der Waals surface area contributed by atoms with E-state index in [0.29, 0.717) is 0 Å². The van der Waals surface area contributed by atoms with Gasteiger partial charge in [0.15, 0.2) is 5.92 Å². The highest BCUT2D eigenvalue weighted by Crippen LogP contribution is 2.03. The Morgan fingerprint density at radius 1 is 1.40 bits per heavy atom. The second kappa shape index (κ2) is 3.66. The van der Waals surface area contributed by atoms with Crippen LogP contribution in [0.25, 0.3) is 0 Å². The lowest BCUT2D eigenvalue weighted by Gasteiger charge is -2.01. The minimum Gasteiger partial charge on any atom is -0.481 e. The Kier molecular flexibility index (Phi) is 3.17. The fraction of sp³-hybridized carbons (Fsp3) is 0.333. The smallest absolute Gasteiger partial charge is 0.318 e. The van der Waals surface area contributed by atoms with Crippen LogP contribution in [0.5, 0.6) is 0 Å². The van der Waals surface area contributed by atoms with Crippen molar-refractivity contribution < 1.29 is 19.8 Å². The molecule has 0 heterocycles. The Hall–Kier alpha value is -1.32. The van der Waals surface area contributed by atoms with Crippen LogP contribution in [0.4, 0.5) is 0 Å². The predicted octanol–water partition coefficient (Wildman–Crippen LogP) is 0.348. The summed E-state index contributed by atoms with van der Waals surface area (Å²) >= 11 is 0. The highest BCUT2D eigenvalue weighted by atomic mass is 16.4. The van der Waals surface area contributed by atoms with Crippen molar-refractivity contribution in [3.05, 3.63) is 12.7 Å². The number of carboxylic acids is 2. The summed E-state index contributed by atoms with van der Waals surface area (Å²) in [7, 11) is 0. The van der Waals surface area contributed by atoms with Gasteiger partial charge in [-0.15, -0.1) is 6.58 Å². The van der Waals surface area contributed by atoms with E-state index in [9.17, 15) is 9.59 Å². The summed E-state index contributed by atoms with van der Waals surface area (Å²) in [6.07, 6.45) is 1.23. The van der Waals surface area contributed by atoms with Crippen molar-refractivity contribution in [3.8, 4) is 0 Å². The average Bonchev–Trinajstić information content (AvgIpc) is 1.81. The van der Waals surface area contributed by atoms with Crippen LogP contribution >= 0.6 is 0 Å². The lowest BCUT2D eigenvalue weighted by molar-refractivity contribution is -0.154. The summed E-state index contributed by atoms with van der Waals surface area (Å²) in [4.78, 5) is 20.2. The topological polar surface area (TPSA) is 74.6 Å². The van der Waals surface area contributed by atoms with E-state index in [1.165, 1.54) is 6.08 Å². The summed E-state index contributed by atoms with van der Waals surface area (Å²) in [5.41, 5.74) is 0. The highest BCUT2D eigenvalue weighted by molar-refractivity contribution is 5.92. The standard InChI is InChI=1S/C6H8O4/c1-2-3-4(5(7)8)6(9)10/h2,4H,1,3H2,(H,7,8)(H,9,10). The molecule has 0 saturated carbocycles. The molecule has 0 radical (unpaired) electrons. The van der Waals surface area contributed by atoms with Gasteiger partial charge in [-0.1, -0.05) is 6.08 Å². The van der Waals surface area contributed by atoms with Gasteiger partial charge in [0.25, 0.3) is 0 Å². The highest BCUT2D eigenvalue weighted by Gasteiger charge is 2.23. The molecule has 4 heteroatoms. The molecule has 0 bridgehead atoms. The first kappa shape index (κ1) is 8.68. The van der Waals surface area contributed by atoms with E-state index >= 15 is 0 Å². The molecule has 0 atom stereocenters. The first-order valence-electron chi connectivity index (χ1n) is 2.66. The third-order valence-electron chi connectivity index (χ3n) is 0.999. The fourth-order valence-corrected chi connectivity index (χ4v) is 0.474. The molecule has 10 heavy (non-hydrogen) atoms. The zero-order valence-electron chi connectivity index (χ0n) is 5.28. The van der Waals surface area contributed by atoms with Crippen LogP contribution in [0.1, 0.15) is 6.42 Å². The number of allylic oxidation sites excluding steroid dienone is 1. The van der Waals surface area contributed by atoms with Crippen molar-refractivity contribution in [1.29, 1.82) is 0 Å². The van der Waals surface area contributed by atoms with Gasteiger partial charge in [-0.3, -0.25) is 9.59 Å². The van der Waals surface area contributed by atoms with Crippen molar-refractivity contribution in [2.45, 2.75) is 6.42 Å². The van der Waals surface area contributed by atoms with Gasteiger partial charge in [0.1, 0.15) is 0 Å². The largest absolute Gasteiger partial charge is 0.481 e. The summed E-state index contributed by atoms with van der Waals surface area (Å²) < 4.78 is 0. The Labute approximate surface area is 57.8 Å². The SMILES string of the molecule is C=CCC(C(=O)O)C(=O)O.